The zero-order valence-electron chi connectivity index (χ0n) is 61.3. The van der Waals surface area contributed by atoms with Crippen LogP contribution < -0.4 is 19.6 Å². The summed E-state index contributed by atoms with van der Waals surface area (Å²) in [6.07, 6.45) is 28.9. The van der Waals surface area contributed by atoms with E-state index in [1.807, 2.05) is 80.0 Å². The van der Waals surface area contributed by atoms with E-state index in [-0.39, 0.29) is 0 Å². The van der Waals surface area contributed by atoms with E-state index in [1.165, 1.54) is 207 Å². The zero-order valence-corrected chi connectivity index (χ0v) is 61.3. The third-order valence-electron chi connectivity index (χ3n) is 25.5. The van der Waals surface area contributed by atoms with Gasteiger partial charge in [-0.1, -0.05) is 170 Å². The van der Waals surface area contributed by atoms with E-state index >= 15 is 0 Å². The van der Waals surface area contributed by atoms with Crippen molar-refractivity contribution in [3.8, 4) is 44.5 Å². The molecule has 0 bridgehead atoms. The second-order valence-corrected chi connectivity index (χ2v) is 31.6. The fourth-order valence-corrected chi connectivity index (χ4v) is 20.9. The summed E-state index contributed by atoms with van der Waals surface area (Å²) in [4.78, 5) is 47.7. The van der Waals surface area contributed by atoms with E-state index in [9.17, 15) is 0 Å². The van der Waals surface area contributed by atoms with Crippen molar-refractivity contribution in [3.05, 3.63) is 402 Å². The minimum Gasteiger partial charge on any atom is -0.293 e. The van der Waals surface area contributed by atoms with Gasteiger partial charge >= 0.3 is 0 Å². The van der Waals surface area contributed by atoms with Gasteiger partial charge in [0, 0.05) is 135 Å². The first kappa shape index (κ1) is 62.1. The molecule has 12 heteroatoms. The van der Waals surface area contributed by atoms with Gasteiger partial charge in [0.25, 0.3) is 0 Å². The Morgan fingerprint density at radius 1 is 0.170 bits per heavy atom. The maximum atomic E-state index is 4.83. The van der Waals surface area contributed by atoms with Crippen LogP contribution in [0.25, 0.3) is 44.5 Å². The largest absolute Gasteiger partial charge is 0.293 e. The van der Waals surface area contributed by atoms with E-state index in [2.05, 4.69) is 213 Å². The van der Waals surface area contributed by atoms with Crippen LogP contribution in [0.5, 0.6) is 0 Å². The van der Waals surface area contributed by atoms with E-state index in [0.717, 1.165) is 117 Å². The second-order valence-electron chi connectivity index (χ2n) is 31.6. The van der Waals surface area contributed by atoms with Gasteiger partial charge in [-0.15, -0.1) is 0 Å². The van der Waals surface area contributed by atoms with E-state index in [0.29, 0.717) is 0 Å². The number of anilines is 12. The lowest BCUT2D eigenvalue weighted by Gasteiger charge is -2.39. The van der Waals surface area contributed by atoms with Crippen LogP contribution in [0, 0.1) is 0 Å². The molecule has 0 N–H and O–H groups in total. The molecule has 528 valence electrons. The molecule has 8 aliphatic heterocycles. The van der Waals surface area contributed by atoms with Crippen molar-refractivity contribution in [3.63, 3.8) is 0 Å². The summed E-state index contributed by atoms with van der Waals surface area (Å²) in [5, 5.41) is 0. The number of aromatic nitrogens is 8. The van der Waals surface area contributed by atoms with Crippen molar-refractivity contribution in [1.29, 1.82) is 0 Å². The molecule has 0 spiro atoms. The SMILES string of the molecule is c1ccc2c(c1)Cc1ccc3c(c1-2)N1c2ncccc2Cc2ccnc(c21)C3.c1ccc2c(c1)Cc1ccc3c(c1-2)N1c2ncccc2Cc2ccnc(c21)C3.c1ccc2c(c1)Cc1ccc3c(c1-2)N1c2ncccc2Cc2cncc(c21)C3.c1ccc2c(c1)Cc1ccc3c(c1-2)N1c2ncccc2Cc2nccc(c21)C3. The van der Waals surface area contributed by atoms with Gasteiger partial charge in [0.2, 0.25) is 0 Å². The Balaban J connectivity index is 0.0000000847. The average Bonchev–Trinajstić information content (AvgIpc) is 1.35. The topological polar surface area (TPSA) is 116 Å². The lowest BCUT2D eigenvalue weighted by molar-refractivity contribution is 0.939. The molecule has 0 radical (unpaired) electrons. The molecular formula is C100H68N12. The summed E-state index contributed by atoms with van der Waals surface area (Å²) in [6.45, 7) is 0. The van der Waals surface area contributed by atoms with Crippen LogP contribution in [0.1, 0.15) is 134 Å². The van der Waals surface area contributed by atoms with Crippen LogP contribution in [-0.4, -0.2) is 39.9 Å². The molecule has 0 atom stereocenters. The van der Waals surface area contributed by atoms with Gasteiger partial charge in [-0.25, -0.2) is 19.9 Å². The fourth-order valence-electron chi connectivity index (χ4n) is 20.9. The van der Waals surface area contributed by atoms with E-state index in [1.54, 1.807) is 0 Å². The first-order valence-corrected chi connectivity index (χ1v) is 39.3. The fraction of sp³-hybridized carbons (Fsp3) is 0.120. The second kappa shape index (κ2) is 23.8. The Morgan fingerprint density at radius 3 is 0.759 bits per heavy atom. The Labute approximate surface area is 647 Å². The molecule has 8 aromatic heterocycles. The van der Waals surface area contributed by atoms with Crippen LogP contribution in [0.4, 0.5) is 68.8 Å². The van der Waals surface area contributed by atoms with Crippen LogP contribution >= 0.6 is 0 Å². The molecule has 0 fully saturated rings. The molecule has 16 aromatic rings. The van der Waals surface area contributed by atoms with Crippen molar-refractivity contribution in [2.24, 2.45) is 0 Å². The number of nitrogens with zero attached hydrogens (tertiary/aromatic N) is 12. The molecule has 0 amide bonds. The third kappa shape index (κ3) is 9.05. The smallest absolute Gasteiger partial charge is 0.141 e. The highest BCUT2D eigenvalue weighted by Crippen LogP contribution is 2.61. The Hall–Kier alpha value is -13.8. The molecule has 112 heavy (non-hydrogen) atoms. The molecule has 0 saturated heterocycles. The quantitative estimate of drug-likeness (QED) is 0.144. The maximum absolute atomic E-state index is 4.83. The van der Waals surface area contributed by atoms with Crippen LogP contribution in [-0.2, 0) is 77.0 Å². The highest BCUT2D eigenvalue weighted by atomic mass is 15.3. The minimum absolute atomic E-state index is 0.851. The summed E-state index contributed by atoms with van der Waals surface area (Å²) in [6, 6.07) is 77.3. The number of rotatable bonds is 0. The number of pyridine rings is 8. The van der Waals surface area contributed by atoms with Gasteiger partial charge in [-0.2, -0.15) is 0 Å². The van der Waals surface area contributed by atoms with Crippen molar-refractivity contribution >= 4 is 68.8 Å². The standard InChI is InChI=1S/4C25H17N3/c2*1-2-6-20-15(4-1)12-16-7-8-17-14-21-23-18(9-11-26-21)13-19-5-3-10-27-25(19)28(23)24(17)22(16)20;1-2-6-20-15(4-1)12-16-7-8-17-13-18-9-11-26-21-14-19-5-3-10-27-25(19)28(23(18)21)24(17)22(16)20;1-2-6-21-15(4-1)10-16-7-8-17-11-19-13-26-14-20-12-18-5-3-9-27-25(18)28(23(19)20)24(17)22(16)21/h3*1-11H,12-14H2;1-9,13-14H,10-12H2. The first-order valence-electron chi connectivity index (χ1n) is 39.3. The van der Waals surface area contributed by atoms with E-state index in [4.69, 9.17) is 34.9 Å². The Kier molecular flexibility index (Phi) is 13.2. The summed E-state index contributed by atoms with van der Waals surface area (Å²) in [7, 11) is 0. The maximum Gasteiger partial charge on any atom is 0.141 e. The van der Waals surface area contributed by atoms with Gasteiger partial charge in [-0.05, 0) is 202 Å². The summed E-state index contributed by atoms with van der Waals surface area (Å²) < 4.78 is 0. The number of hydrogen-bond acceptors (Lipinski definition) is 12. The van der Waals surface area contributed by atoms with Crippen LogP contribution in [0.15, 0.2) is 268 Å². The van der Waals surface area contributed by atoms with Crippen molar-refractivity contribution in [1.82, 2.24) is 39.9 Å². The van der Waals surface area contributed by atoms with Crippen LogP contribution in [0.2, 0.25) is 0 Å². The highest BCUT2D eigenvalue weighted by Gasteiger charge is 2.43. The Bertz CT molecular complexity index is 5980. The molecule has 8 aromatic carbocycles. The van der Waals surface area contributed by atoms with Crippen molar-refractivity contribution in [2.75, 3.05) is 19.6 Å². The lowest BCUT2D eigenvalue weighted by atomic mass is 9.86. The number of benzene rings is 8. The van der Waals surface area contributed by atoms with Gasteiger partial charge in [0.1, 0.15) is 23.3 Å². The van der Waals surface area contributed by atoms with Gasteiger partial charge < -0.3 is 0 Å². The molecule has 12 nitrogen and oxygen atoms in total. The van der Waals surface area contributed by atoms with Gasteiger partial charge in [0.15, 0.2) is 0 Å². The summed E-state index contributed by atoms with van der Waals surface area (Å²) in [5.41, 5.74) is 53.2. The van der Waals surface area contributed by atoms with Crippen molar-refractivity contribution in [2.45, 2.75) is 77.0 Å². The monoisotopic (exact) mass is 1440 g/mol. The Morgan fingerprint density at radius 2 is 0.411 bits per heavy atom. The number of hydrogen-bond donors (Lipinski definition) is 0. The summed E-state index contributed by atoms with van der Waals surface area (Å²) >= 11 is 0. The predicted molar refractivity (Wildman–Crippen MR) is 442 cm³/mol. The first-order chi connectivity index (χ1) is 55.5. The third-order valence-corrected chi connectivity index (χ3v) is 25.5. The van der Waals surface area contributed by atoms with Gasteiger partial charge in [-0.3, -0.25) is 39.5 Å². The normalized spacial score (nSPS) is 14.6. The molecule has 12 aliphatic rings. The highest BCUT2D eigenvalue weighted by molar-refractivity contribution is 6.03. The molecular weight excluding hydrogens is 1370 g/mol. The van der Waals surface area contributed by atoms with E-state index < -0.39 is 0 Å². The number of fused-ring (bicyclic) bond motifs is 32. The lowest BCUT2D eigenvalue weighted by Crippen LogP contribution is -2.27. The molecule has 4 aliphatic carbocycles. The molecule has 0 saturated carbocycles. The summed E-state index contributed by atoms with van der Waals surface area (Å²) in [5.74, 6) is 4.25. The average molecular weight is 1440 g/mol. The molecule has 0 unspecified atom stereocenters. The molecule has 28 rings (SSSR count). The predicted octanol–water partition coefficient (Wildman–Crippen LogP) is 21.3. The molecule has 16 heterocycles. The minimum atomic E-state index is 0.851. The van der Waals surface area contributed by atoms with Crippen molar-refractivity contribution < 1.29 is 0 Å². The van der Waals surface area contributed by atoms with Gasteiger partial charge in [0.05, 0.1) is 62.6 Å². The zero-order chi connectivity index (χ0) is 73.0. The van der Waals surface area contributed by atoms with Crippen LogP contribution in [0.3, 0.4) is 0 Å².